The predicted octanol–water partition coefficient (Wildman–Crippen LogP) is 3.15. The van der Waals surface area contributed by atoms with Gasteiger partial charge in [-0.15, -0.1) is 0 Å². The molecule has 0 aromatic heterocycles. The Kier molecular flexibility index (Phi) is 4.46. The van der Waals surface area contributed by atoms with Crippen molar-refractivity contribution in [3.05, 3.63) is 29.8 Å². The van der Waals surface area contributed by atoms with Crippen LogP contribution in [0.5, 0.6) is 0 Å². The summed E-state index contributed by atoms with van der Waals surface area (Å²) < 4.78 is 4.74. The number of anilines is 1. The first kappa shape index (κ1) is 11.0. The van der Waals surface area contributed by atoms with Crippen LogP contribution >= 0.6 is 15.9 Å². The summed E-state index contributed by atoms with van der Waals surface area (Å²) in [6.07, 6.45) is -0.418. The van der Waals surface area contributed by atoms with Crippen LogP contribution < -0.4 is 5.32 Å². The standard InChI is InChI=1S/C10H12BrNO2/c1-2-14-10(13)12-9-5-3-8(7-11)4-6-9/h3-6H,2,7H2,1H3,(H,12,13). The zero-order chi connectivity index (χ0) is 10.4. The lowest BCUT2D eigenvalue weighted by Crippen LogP contribution is -2.13. The second kappa shape index (κ2) is 5.65. The smallest absolute Gasteiger partial charge is 0.411 e. The van der Waals surface area contributed by atoms with Gasteiger partial charge in [0.05, 0.1) is 6.61 Å². The Morgan fingerprint density at radius 1 is 1.43 bits per heavy atom. The summed E-state index contributed by atoms with van der Waals surface area (Å²) >= 11 is 3.35. The fourth-order valence-electron chi connectivity index (χ4n) is 0.962. The number of hydrogen-bond donors (Lipinski definition) is 1. The molecule has 0 fully saturated rings. The van der Waals surface area contributed by atoms with Crippen molar-refractivity contribution in [1.82, 2.24) is 0 Å². The Balaban J connectivity index is 2.55. The minimum atomic E-state index is -0.418. The van der Waals surface area contributed by atoms with Gasteiger partial charge in [-0.1, -0.05) is 28.1 Å². The fourth-order valence-corrected chi connectivity index (χ4v) is 1.34. The van der Waals surface area contributed by atoms with E-state index in [9.17, 15) is 4.79 Å². The molecule has 0 saturated carbocycles. The van der Waals surface area contributed by atoms with Gasteiger partial charge in [-0.3, -0.25) is 5.32 Å². The van der Waals surface area contributed by atoms with Gasteiger partial charge in [-0.05, 0) is 24.6 Å². The normalized spacial score (nSPS) is 9.57. The van der Waals surface area contributed by atoms with Crippen LogP contribution in [0, 0.1) is 0 Å². The van der Waals surface area contributed by atoms with E-state index in [1.807, 2.05) is 24.3 Å². The van der Waals surface area contributed by atoms with Gasteiger partial charge in [-0.2, -0.15) is 0 Å². The summed E-state index contributed by atoms with van der Waals surface area (Å²) in [4.78, 5) is 11.0. The van der Waals surface area contributed by atoms with E-state index >= 15 is 0 Å². The van der Waals surface area contributed by atoms with Gasteiger partial charge in [0, 0.05) is 11.0 Å². The summed E-state index contributed by atoms with van der Waals surface area (Å²) in [6.45, 7) is 2.15. The number of hydrogen-bond acceptors (Lipinski definition) is 2. The highest BCUT2D eigenvalue weighted by Crippen LogP contribution is 2.11. The number of ether oxygens (including phenoxy) is 1. The Labute approximate surface area is 91.6 Å². The Bertz CT molecular complexity index is 297. The number of amides is 1. The minimum absolute atomic E-state index is 0.380. The van der Waals surface area contributed by atoms with Gasteiger partial charge in [0.1, 0.15) is 0 Å². The van der Waals surface area contributed by atoms with Gasteiger partial charge in [0.15, 0.2) is 0 Å². The molecule has 0 heterocycles. The minimum Gasteiger partial charge on any atom is -0.450 e. The third-order valence-corrected chi connectivity index (χ3v) is 2.28. The van der Waals surface area contributed by atoms with E-state index < -0.39 is 6.09 Å². The first-order chi connectivity index (χ1) is 6.76. The molecule has 1 amide bonds. The topological polar surface area (TPSA) is 38.3 Å². The maximum Gasteiger partial charge on any atom is 0.411 e. The van der Waals surface area contributed by atoms with Crippen molar-refractivity contribution in [2.75, 3.05) is 11.9 Å². The second-order valence-corrected chi connectivity index (χ2v) is 3.24. The molecule has 0 saturated heterocycles. The first-order valence-corrected chi connectivity index (χ1v) is 5.47. The van der Waals surface area contributed by atoms with Gasteiger partial charge in [0.2, 0.25) is 0 Å². The monoisotopic (exact) mass is 257 g/mol. The highest BCUT2D eigenvalue weighted by atomic mass is 79.9. The first-order valence-electron chi connectivity index (χ1n) is 4.35. The molecule has 3 nitrogen and oxygen atoms in total. The number of carbonyl (C=O) groups is 1. The number of carbonyl (C=O) groups excluding carboxylic acids is 1. The van der Waals surface area contributed by atoms with Crippen molar-refractivity contribution < 1.29 is 9.53 Å². The van der Waals surface area contributed by atoms with Gasteiger partial charge < -0.3 is 4.74 Å². The van der Waals surface area contributed by atoms with Gasteiger partial charge in [-0.25, -0.2) is 4.79 Å². The predicted molar refractivity (Wildman–Crippen MR) is 59.7 cm³/mol. The Morgan fingerprint density at radius 2 is 2.07 bits per heavy atom. The number of alkyl halides is 1. The lowest BCUT2D eigenvalue weighted by Gasteiger charge is -2.05. The van der Waals surface area contributed by atoms with Crippen LogP contribution in [0.3, 0.4) is 0 Å². The molecule has 14 heavy (non-hydrogen) atoms. The van der Waals surface area contributed by atoms with E-state index in [1.54, 1.807) is 6.92 Å². The van der Waals surface area contributed by atoms with Crippen LogP contribution in [0.4, 0.5) is 10.5 Å². The molecule has 0 atom stereocenters. The van der Waals surface area contributed by atoms with Crippen molar-refractivity contribution in [2.24, 2.45) is 0 Å². The summed E-state index contributed by atoms with van der Waals surface area (Å²) in [5.41, 5.74) is 1.91. The molecule has 1 rings (SSSR count). The average Bonchev–Trinajstić information content (AvgIpc) is 2.19. The maximum absolute atomic E-state index is 11.0. The zero-order valence-electron chi connectivity index (χ0n) is 7.92. The molecule has 0 bridgehead atoms. The largest absolute Gasteiger partial charge is 0.450 e. The van der Waals surface area contributed by atoms with Crippen LogP contribution in [0.2, 0.25) is 0 Å². The quantitative estimate of drug-likeness (QED) is 0.846. The van der Waals surface area contributed by atoms with E-state index in [2.05, 4.69) is 21.2 Å². The van der Waals surface area contributed by atoms with E-state index in [0.717, 1.165) is 11.0 Å². The van der Waals surface area contributed by atoms with Crippen molar-refractivity contribution >= 4 is 27.7 Å². The molecule has 1 aromatic carbocycles. The maximum atomic E-state index is 11.0. The third-order valence-electron chi connectivity index (χ3n) is 1.63. The Hall–Kier alpha value is -1.03. The molecular formula is C10H12BrNO2. The van der Waals surface area contributed by atoms with Crippen LogP contribution in [-0.4, -0.2) is 12.7 Å². The molecule has 1 aromatic rings. The van der Waals surface area contributed by atoms with E-state index in [0.29, 0.717) is 6.61 Å². The summed E-state index contributed by atoms with van der Waals surface area (Å²) in [5.74, 6) is 0. The van der Waals surface area contributed by atoms with E-state index in [1.165, 1.54) is 5.56 Å². The summed E-state index contributed by atoms with van der Waals surface area (Å²) in [6, 6.07) is 7.56. The van der Waals surface area contributed by atoms with E-state index in [-0.39, 0.29) is 0 Å². The van der Waals surface area contributed by atoms with Crippen molar-refractivity contribution in [1.29, 1.82) is 0 Å². The molecule has 0 aliphatic heterocycles. The highest BCUT2D eigenvalue weighted by molar-refractivity contribution is 9.08. The molecule has 1 N–H and O–H groups in total. The second-order valence-electron chi connectivity index (χ2n) is 2.68. The van der Waals surface area contributed by atoms with Crippen LogP contribution in [-0.2, 0) is 10.1 Å². The van der Waals surface area contributed by atoms with Crippen LogP contribution in [0.15, 0.2) is 24.3 Å². The SMILES string of the molecule is CCOC(=O)Nc1ccc(CBr)cc1. The molecule has 4 heteroatoms. The highest BCUT2D eigenvalue weighted by Gasteiger charge is 2.00. The number of halogens is 1. The number of benzene rings is 1. The van der Waals surface area contributed by atoms with Crippen LogP contribution in [0.1, 0.15) is 12.5 Å². The van der Waals surface area contributed by atoms with Gasteiger partial charge >= 0.3 is 6.09 Å². The number of rotatable bonds is 3. The molecule has 0 radical (unpaired) electrons. The lowest BCUT2D eigenvalue weighted by atomic mass is 10.2. The molecular weight excluding hydrogens is 246 g/mol. The fraction of sp³-hybridized carbons (Fsp3) is 0.300. The molecule has 76 valence electrons. The van der Waals surface area contributed by atoms with Crippen LogP contribution in [0.25, 0.3) is 0 Å². The lowest BCUT2D eigenvalue weighted by molar-refractivity contribution is 0.168. The average molecular weight is 258 g/mol. The van der Waals surface area contributed by atoms with Crippen molar-refractivity contribution in [3.8, 4) is 0 Å². The number of nitrogens with one attached hydrogen (secondary N) is 1. The summed E-state index contributed by atoms with van der Waals surface area (Å²) in [5, 5.41) is 3.43. The van der Waals surface area contributed by atoms with Crippen molar-refractivity contribution in [2.45, 2.75) is 12.3 Å². The molecule has 0 aliphatic carbocycles. The zero-order valence-corrected chi connectivity index (χ0v) is 9.50. The van der Waals surface area contributed by atoms with Crippen molar-refractivity contribution in [3.63, 3.8) is 0 Å². The Morgan fingerprint density at radius 3 is 2.57 bits per heavy atom. The molecule has 0 spiro atoms. The van der Waals surface area contributed by atoms with Gasteiger partial charge in [0.25, 0.3) is 0 Å². The van der Waals surface area contributed by atoms with E-state index in [4.69, 9.17) is 4.74 Å². The summed E-state index contributed by atoms with van der Waals surface area (Å²) in [7, 11) is 0. The third kappa shape index (κ3) is 3.38. The molecule has 0 unspecified atom stereocenters. The molecule has 0 aliphatic rings.